The predicted molar refractivity (Wildman–Crippen MR) is 95.0 cm³/mol. The molecule has 0 saturated heterocycles. The molecule has 2 amide bonds. The number of carbonyl (C=O) groups excluding carboxylic acids is 2. The first-order valence-electron chi connectivity index (χ1n) is 7.93. The quantitative estimate of drug-likeness (QED) is 0.919. The van der Waals surface area contributed by atoms with Gasteiger partial charge in [0.05, 0.1) is 0 Å². The predicted octanol–water partition coefficient (Wildman–Crippen LogP) is 3.05. The number of nitrogens with zero attached hydrogens (tertiary/aromatic N) is 2. The fourth-order valence-electron chi connectivity index (χ4n) is 2.49. The Morgan fingerprint density at radius 1 is 1.25 bits per heavy atom. The van der Waals surface area contributed by atoms with Crippen LogP contribution in [0.25, 0.3) is 0 Å². The van der Waals surface area contributed by atoms with Crippen molar-refractivity contribution >= 4 is 17.5 Å². The second-order valence-electron chi connectivity index (χ2n) is 6.06. The molecule has 1 heterocycles. The number of amides is 2. The summed E-state index contributed by atoms with van der Waals surface area (Å²) in [5, 5.41) is 2.69. The van der Waals surface area contributed by atoms with Gasteiger partial charge in [0.1, 0.15) is 0 Å². The molecule has 1 N–H and O–H groups in total. The van der Waals surface area contributed by atoms with Crippen molar-refractivity contribution in [1.82, 2.24) is 9.88 Å². The van der Waals surface area contributed by atoms with Crippen LogP contribution in [0, 0.1) is 6.92 Å². The van der Waals surface area contributed by atoms with Crippen LogP contribution < -0.4 is 5.32 Å². The Hall–Kier alpha value is -2.69. The summed E-state index contributed by atoms with van der Waals surface area (Å²) >= 11 is 0. The lowest BCUT2D eigenvalue weighted by Crippen LogP contribution is -2.36. The number of likely N-dealkylation sites (N-methyl/N-ethyl adjacent to an activating group) is 1. The molecule has 0 aliphatic carbocycles. The summed E-state index contributed by atoms with van der Waals surface area (Å²) in [4.78, 5) is 29.9. The van der Waals surface area contributed by atoms with Crippen LogP contribution in [0.1, 0.15) is 35.5 Å². The van der Waals surface area contributed by atoms with Gasteiger partial charge in [0, 0.05) is 49.6 Å². The van der Waals surface area contributed by atoms with E-state index in [0.717, 1.165) is 11.3 Å². The first-order chi connectivity index (χ1) is 11.4. The van der Waals surface area contributed by atoms with Gasteiger partial charge in [-0.2, -0.15) is 0 Å². The molecule has 2 aromatic rings. The molecule has 0 saturated carbocycles. The number of nitrogens with one attached hydrogen (secondary N) is 1. The van der Waals surface area contributed by atoms with Crippen molar-refractivity contribution < 1.29 is 9.59 Å². The maximum Gasteiger partial charge on any atom is 0.253 e. The standard InChI is InChI=1S/C19H23N3O2/c1-13-8-9-20-18(10-13)11-14(2)22(4)19(24)16-6-5-7-17(12-16)21-15(3)23/h5-10,12,14H,11H2,1-4H3,(H,21,23)/t14-/m0/s1. The van der Waals surface area contributed by atoms with Crippen LogP contribution in [0.15, 0.2) is 42.6 Å². The summed E-state index contributed by atoms with van der Waals surface area (Å²) in [6, 6.07) is 11.0. The highest BCUT2D eigenvalue weighted by Gasteiger charge is 2.18. The fourth-order valence-corrected chi connectivity index (χ4v) is 2.49. The summed E-state index contributed by atoms with van der Waals surface area (Å²) in [5.74, 6) is -0.241. The molecule has 0 unspecified atom stereocenters. The number of carbonyl (C=O) groups is 2. The largest absolute Gasteiger partial charge is 0.339 e. The lowest BCUT2D eigenvalue weighted by Gasteiger charge is -2.25. The topological polar surface area (TPSA) is 62.3 Å². The molecule has 0 aliphatic rings. The molecule has 0 fully saturated rings. The van der Waals surface area contributed by atoms with Crippen LogP contribution in [0.3, 0.4) is 0 Å². The van der Waals surface area contributed by atoms with Crippen molar-refractivity contribution in [1.29, 1.82) is 0 Å². The Morgan fingerprint density at radius 2 is 2.00 bits per heavy atom. The van der Waals surface area contributed by atoms with E-state index >= 15 is 0 Å². The number of anilines is 1. The number of aryl methyl sites for hydroxylation is 1. The van der Waals surface area contributed by atoms with E-state index in [1.54, 1.807) is 42.4 Å². The van der Waals surface area contributed by atoms with Crippen LogP contribution in [0.5, 0.6) is 0 Å². The summed E-state index contributed by atoms with van der Waals surface area (Å²) < 4.78 is 0. The molecule has 1 aromatic heterocycles. The van der Waals surface area contributed by atoms with Gasteiger partial charge < -0.3 is 10.2 Å². The summed E-state index contributed by atoms with van der Waals surface area (Å²) in [6.07, 6.45) is 2.48. The maximum atomic E-state index is 12.7. The Labute approximate surface area is 142 Å². The van der Waals surface area contributed by atoms with Gasteiger partial charge in [-0.25, -0.2) is 0 Å². The number of hydrogen-bond donors (Lipinski definition) is 1. The Morgan fingerprint density at radius 3 is 2.67 bits per heavy atom. The fraction of sp³-hybridized carbons (Fsp3) is 0.316. The SMILES string of the molecule is CC(=O)Nc1cccc(C(=O)N(C)[C@@H](C)Cc2cc(C)ccn2)c1. The Kier molecular flexibility index (Phi) is 5.68. The molecule has 5 heteroatoms. The van der Waals surface area contributed by atoms with E-state index in [2.05, 4.69) is 10.3 Å². The third-order valence-electron chi connectivity index (χ3n) is 3.89. The molecule has 2 rings (SSSR count). The lowest BCUT2D eigenvalue weighted by molar-refractivity contribution is -0.114. The lowest BCUT2D eigenvalue weighted by atomic mass is 10.1. The average molecular weight is 325 g/mol. The van der Waals surface area contributed by atoms with E-state index in [-0.39, 0.29) is 17.9 Å². The van der Waals surface area contributed by atoms with Crippen LogP contribution >= 0.6 is 0 Å². The molecule has 24 heavy (non-hydrogen) atoms. The Balaban J connectivity index is 2.09. The monoisotopic (exact) mass is 325 g/mol. The number of rotatable bonds is 5. The van der Waals surface area contributed by atoms with Gasteiger partial charge in [0.15, 0.2) is 0 Å². The van der Waals surface area contributed by atoms with E-state index in [0.29, 0.717) is 17.7 Å². The first-order valence-corrected chi connectivity index (χ1v) is 7.93. The molecule has 1 atom stereocenters. The van der Waals surface area contributed by atoms with E-state index < -0.39 is 0 Å². The van der Waals surface area contributed by atoms with E-state index in [4.69, 9.17) is 0 Å². The molecule has 1 aromatic carbocycles. The minimum atomic E-state index is -0.160. The van der Waals surface area contributed by atoms with Crippen LogP contribution in [-0.2, 0) is 11.2 Å². The van der Waals surface area contributed by atoms with Gasteiger partial charge in [0.2, 0.25) is 5.91 Å². The van der Waals surface area contributed by atoms with Gasteiger partial charge >= 0.3 is 0 Å². The van der Waals surface area contributed by atoms with Gasteiger partial charge in [-0.05, 0) is 49.7 Å². The summed E-state index contributed by atoms with van der Waals surface area (Å²) in [6.45, 7) is 5.47. The van der Waals surface area contributed by atoms with E-state index in [9.17, 15) is 9.59 Å². The third kappa shape index (κ3) is 4.65. The minimum Gasteiger partial charge on any atom is -0.339 e. The molecular weight excluding hydrogens is 302 g/mol. The zero-order valence-corrected chi connectivity index (χ0v) is 14.5. The number of hydrogen-bond acceptors (Lipinski definition) is 3. The molecule has 0 aliphatic heterocycles. The van der Waals surface area contributed by atoms with Crippen LogP contribution in [0.4, 0.5) is 5.69 Å². The highest BCUT2D eigenvalue weighted by atomic mass is 16.2. The van der Waals surface area contributed by atoms with Crippen molar-refractivity contribution in [2.75, 3.05) is 12.4 Å². The zero-order valence-electron chi connectivity index (χ0n) is 14.5. The van der Waals surface area contributed by atoms with Crippen molar-refractivity contribution in [2.24, 2.45) is 0 Å². The van der Waals surface area contributed by atoms with Gasteiger partial charge in [0.25, 0.3) is 5.91 Å². The van der Waals surface area contributed by atoms with Gasteiger partial charge in [-0.3, -0.25) is 14.6 Å². The molecular formula is C19H23N3O2. The van der Waals surface area contributed by atoms with Crippen molar-refractivity contribution in [3.05, 3.63) is 59.4 Å². The smallest absolute Gasteiger partial charge is 0.253 e. The molecule has 0 bridgehead atoms. The van der Waals surface area contributed by atoms with Crippen LogP contribution in [-0.4, -0.2) is 34.8 Å². The van der Waals surface area contributed by atoms with E-state index in [1.807, 2.05) is 26.0 Å². The highest BCUT2D eigenvalue weighted by molar-refractivity contribution is 5.96. The second-order valence-corrected chi connectivity index (χ2v) is 6.06. The molecule has 126 valence electrons. The number of pyridine rings is 1. The summed E-state index contributed by atoms with van der Waals surface area (Å²) in [7, 11) is 1.79. The van der Waals surface area contributed by atoms with Gasteiger partial charge in [-0.15, -0.1) is 0 Å². The second kappa shape index (κ2) is 7.73. The normalized spacial score (nSPS) is 11.7. The van der Waals surface area contributed by atoms with Gasteiger partial charge in [-0.1, -0.05) is 6.07 Å². The number of benzene rings is 1. The van der Waals surface area contributed by atoms with Crippen molar-refractivity contribution in [3.63, 3.8) is 0 Å². The average Bonchev–Trinajstić information content (AvgIpc) is 2.53. The first kappa shape index (κ1) is 17.7. The molecule has 5 nitrogen and oxygen atoms in total. The number of aromatic nitrogens is 1. The maximum absolute atomic E-state index is 12.7. The van der Waals surface area contributed by atoms with Crippen molar-refractivity contribution in [3.8, 4) is 0 Å². The highest BCUT2D eigenvalue weighted by Crippen LogP contribution is 2.15. The van der Waals surface area contributed by atoms with E-state index in [1.165, 1.54) is 6.92 Å². The molecule has 0 radical (unpaired) electrons. The van der Waals surface area contributed by atoms with Crippen molar-refractivity contribution in [2.45, 2.75) is 33.2 Å². The van der Waals surface area contributed by atoms with Crippen LogP contribution in [0.2, 0.25) is 0 Å². The zero-order chi connectivity index (χ0) is 17.7. The Bertz CT molecular complexity index is 743. The third-order valence-corrected chi connectivity index (χ3v) is 3.89. The molecule has 0 spiro atoms. The minimum absolute atomic E-state index is 0.0104. The summed E-state index contributed by atoms with van der Waals surface area (Å²) in [5.41, 5.74) is 3.29.